The van der Waals surface area contributed by atoms with Gasteiger partial charge in [-0.2, -0.15) is 0 Å². The van der Waals surface area contributed by atoms with E-state index in [4.69, 9.17) is 5.73 Å². The highest BCUT2D eigenvalue weighted by Crippen LogP contribution is 2.21. The van der Waals surface area contributed by atoms with Crippen molar-refractivity contribution in [3.63, 3.8) is 0 Å². The van der Waals surface area contributed by atoms with Gasteiger partial charge < -0.3 is 16.0 Å². The summed E-state index contributed by atoms with van der Waals surface area (Å²) in [6, 6.07) is 3.61. The number of nitrogens with zero attached hydrogens (tertiary/aromatic N) is 2. The highest BCUT2D eigenvalue weighted by Gasteiger charge is 2.19. The molecule has 1 aromatic rings. The highest BCUT2D eigenvalue weighted by atomic mass is 16.1. The number of anilines is 1. The topological polar surface area (TPSA) is 71.2 Å². The molecule has 0 spiro atoms. The number of hydrogen-bond acceptors (Lipinski definition) is 4. The molecule has 1 aromatic heterocycles. The van der Waals surface area contributed by atoms with Crippen molar-refractivity contribution in [1.29, 1.82) is 0 Å². The van der Waals surface area contributed by atoms with Crippen LogP contribution in [0.15, 0.2) is 18.3 Å². The van der Waals surface area contributed by atoms with Gasteiger partial charge in [0.15, 0.2) is 0 Å². The minimum atomic E-state index is -0.429. The van der Waals surface area contributed by atoms with E-state index in [2.05, 4.69) is 15.2 Å². The van der Waals surface area contributed by atoms with Crippen LogP contribution >= 0.6 is 0 Å². The Bertz CT molecular complexity index is 396. The van der Waals surface area contributed by atoms with Crippen LogP contribution in [0.2, 0.25) is 0 Å². The lowest BCUT2D eigenvalue weighted by atomic mass is 9.97. The number of rotatable bonds is 4. The number of aromatic nitrogens is 1. The Balaban J connectivity index is 1.95. The number of carbonyl (C=O) groups is 1. The van der Waals surface area contributed by atoms with E-state index in [1.807, 2.05) is 13.1 Å². The van der Waals surface area contributed by atoms with Crippen molar-refractivity contribution in [3.05, 3.63) is 23.9 Å². The average Bonchev–Trinajstić information content (AvgIpc) is 2.40. The van der Waals surface area contributed by atoms with Crippen LogP contribution < -0.4 is 16.0 Å². The zero-order valence-corrected chi connectivity index (χ0v) is 10.7. The standard InChI is InChI=1S/C13H20N4O/c1-15-8-10-4-6-17(7-5-10)12-3-2-11(9-16-12)13(14)18/h2-3,9-10,15H,4-8H2,1H3,(H2,14,18). The largest absolute Gasteiger partial charge is 0.366 e. The first-order valence-electron chi connectivity index (χ1n) is 6.36. The quantitative estimate of drug-likeness (QED) is 0.819. The second kappa shape index (κ2) is 5.82. The third-order valence-electron chi connectivity index (χ3n) is 3.46. The Morgan fingerprint density at radius 3 is 2.72 bits per heavy atom. The van der Waals surface area contributed by atoms with Crippen LogP contribution in [0.3, 0.4) is 0 Å². The highest BCUT2D eigenvalue weighted by molar-refractivity contribution is 5.92. The number of carbonyl (C=O) groups excluding carboxylic acids is 1. The SMILES string of the molecule is CNCC1CCN(c2ccc(C(N)=O)cn2)CC1. The van der Waals surface area contributed by atoms with Gasteiger partial charge in [-0.05, 0) is 44.5 Å². The van der Waals surface area contributed by atoms with E-state index in [9.17, 15) is 4.79 Å². The lowest BCUT2D eigenvalue weighted by molar-refractivity contribution is 0.1000. The molecule has 2 rings (SSSR count). The molecule has 0 bridgehead atoms. The number of amides is 1. The molecule has 3 N–H and O–H groups in total. The number of pyridine rings is 1. The fraction of sp³-hybridized carbons (Fsp3) is 0.538. The molecule has 1 aliphatic rings. The molecule has 2 heterocycles. The van der Waals surface area contributed by atoms with Crippen LogP contribution in [0.5, 0.6) is 0 Å². The number of nitrogens with two attached hydrogens (primary N) is 1. The van der Waals surface area contributed by atoms with E-state index in [1.54, 1.807) is 12.3 Å². The van der Waals surface area contributed by atoms with Crippen molar-refractivity contribution in [2.24, 2.45) is 11.7 Å². The van der Waals surface area contributed by atoms with Gasteiger partial charge in [-0.1, -0.05) is 0 Å². The third-order valence-corrected chi connectivity index (χ3v) is 3.46. The maximum Gasteiger partial charge on any atom is 0.250 e. The van der Waals surface area contributed by atoms with Crippen LogP contribution in [-0.4, -0.2) is 37.6 Å². The van der Waals surface area contributed by atoms with Crippen molar-refractivity contribution in [2.45, 2.75) is 12.8 Å². The van der Waals surface area contributed by atoms with Gasteiger partial charge >= 0.3 is 0 Å². The van der Waals surface area contributed by atoms with Crippen molar-refractivity contribution in [1.82, 2.24) is 10.3 Å². The summed E-state index contributed by atoms with van der Waals surface area (Å²) in [5, 5.41) is 3.23. The van der Waals surface area contributed by atoms with Gasteiger partial charge in [-0.15, -0.1) is 0 Å². The van der Waals surface area contributed by atoms with Crippen LogP contribution in [0.25, 0.3) is 0 Å². The van der Waals surface area contributed by atoms with E-state index in [0.29, 0.717) is 5.56 Å². The van der Waals surface area contributed by atoms with Gasteiger partial charge in [0, 0.05) is 19.3 Å². The van der Waals surface area contributed by atoms with Gasteiger partial charge in [-0.25, -0.2) is 4.98 Å². The predicted octanol–water partition coefficient (Wildman–Crippen LogP) is 0.616. The van der Waals surface area contributed by atoms with Crippen molar-refractivity contribution >= 4 is 11.7 Å². The summed E-state index contributed by atoms with van der Waals surface area (Å²) in [4.78, 5) is 17.5. The first-order chi connectivity index (χ1) is 8.70. The molecule has 0 saturated carbocycles. The van der Waals surface area contributed by atoms with Gasteiger partial charge in [0.2, 0.25) is 5.91 Å². The summed E-state index contributed by atoms with van der Waals surface area (Å²) >= 11 is 0. The second-order valence-electron chi connectivity index (χ2n) is 4.76. The maximum absolute atomic E-state index is 11.0. The summed E-state index contributed by atoms with van der Waals surface area (Å²) in [5.74, 6) is 1.26. The molecule has 5 heteroatoms. The maximum atomic E-state index is 11.0. The minimum absolute atomic E-state index is 0.429. The summed E-state index contributed by atoms with van der Waals surface area (Å²) in [6.45, 7) is 3.13. The summed E-state index contributed by atoms with van der Waals surface area (Å²) in [7, 11) is 2.00. The van der Waals surface area contributed by atoms with Crippen molar-refractivity contribution in [3.8, 4) is 0 Å². The van der Waals surface area contributed by atoms with Crippen LogP contribution in [-0.2, 0) is 0 Å². The molecule has 1 aliphatic heterocycles. The molecule has 98 valence electrons. The Morgan fingerprint density at radius 1 is 1.50 bits per heavy atom. The van der Waals surface area contributed by atoms with Crippen LogP contribution in [0, 0.1) is 5.92 Å². The van der Waals surface area contributed by atoms with E-state index in [0.717, 1.165) is 31.4 Å². The van der Waals surface area contributed by atoms with Crippen LogP contribution in [0.4, 0.5) is 5.82 Å². The van der Waals surface area contributed by atoms with Gasteiger partial charge in [0.05, 0.1) is 5.56 Å². The lowest BCUT2D eigenvalue weighted by Crippen LogP contribution is -2.37. The van der Waals surface area contributed by atoms with Gasteiger partial charge in [-0.3, -0.25) is 4.79 Å². The monoisotopic (exact) mass is 248 g/mol. The van der Waals surface area contributed by atoms with E-state index < -0.39 is 5.91 Å². The first kappa shape index (κ1) is 12.8. The number of nitrogens with one attached hydrogen (secondary N) is 1. The van der Waals surface area contributed by atoms with E-state index >= 15 is 0 Å². The summed E-state index contributed by atoms with van der Waals surface area (Å²) in [6.07, 6.45) is 3.91. The molecule has 1 fully saturated rings. The molecule has 0 aromatic carbocycles. The lowest BCUT2D eigenvalue weighted by Gasteiger charge is -2.32. The fourth-order valence-corrected chi connectivity index (χ4v) is 2.37. The molecule has 18 heavy (non-hydrogen) atoms. The Kier molecular flexibility index (Phi) is 4.15. The van der Waals surface area contributed by atoms with Gasteiger partial charge in [0.1, 0.15) is 5.82 Å². The molecule has 0 atom stereocenters. The van der Waals surface area contributed by atoms with Crippen molar-refractivity contribution in [2.75, 3.05) is 31.6 Å². The van der Waals surface area contributed by atoms with E-state index in [-0.39, 0.29) is 0 Å². The molecule has 0 unspecified atom stereocenters. The van der Waals surface area contributed by atoms with Crippen molar-refractivity contribution < 1.29 is 4.79 Å². The number of piperidine rings is 1. The number of hydrogen-bond donors (Lipinski definition) is 2. The molecule has 1 saturated heterocycles. The van der Waals surface area contributed by atoms with Gasteiger partial charge in [0.25, 0.3) is 0 Å². The normalized spacial score (nSPS) is 16.8. The average molecular weight is 248 g/mol. The Hall–Kier alpha value is -1.62. The van der Waals surface area contributed by atoms with E-state index in [1.165, 1.54) is 12.8 Å². The fourth-order valence-electron chi connectivity index (χ4n) is 2.37. The third kappa shape index (κ3) is 2.98. The first-order valence-corrected chi connectivity index (χ1v) is 6.36. The summed E-state index contributed by atoms with van der Waals surface area (Å²) < 4.78 is 0. The summed E-state index contributed by atoms with van der Waals surface area (Å²) in [5.41, 5.74) is 5.66. The predicted molar refractivity (Wildman–Crippen MR) is 71.6 cm³/mol. The minimum Gasteiger partial charge on any atom is -0.366 e. The molecule has 0 radical (unpaired) electrons. The molecular weight excluding hydrogens is 228 g/mol. The molecule has 1 amide bonds. The Morgan fingerprint density at radius 2 is 2.22 bits per heavy atom. The molecular formula is C13H20N4O. The molecule has 5 nitrogen and oxygen atoms in total. The second-order valence-corrected chi connectivity index (χ2v) is 4.76. The zero-order valence-electron chi connectivity index (χ0n) is 10.7. The Labute approximate surface area is 107 Å². The van der Waals surface area contributed by atoms with Crippen LogP contribution in [0.1, 0.15) is 23.2 Å². The zero-order chi connectivity index (χ0) is 13.0. The smallest absolute Gasteiger partial charge is 0.250 e. The number of primary amides is 1. The molecule has 0 aliphatic carbocycles.